The lowest BCUT2D eigenvalue weighted by molar-refractivity contribution is -0.117. The minimum absolute atomic E-state index is 0.103. The number of hydrogen-bond donors (Lipinski definition) is 1. The van der Waals surface area contributed by atoms with Crippen molar-refractivity contribution in [1.82, 2.24) is 5.32 Å². The third kappa shape index (κ3) is 4.83. The number of benzene rings is 2. The number of amides is 2. The lowest BCUT2D eigenvalue weighted by Gasteiger charge is -2.18. The van der Waals surface area contributed by atoms with E-state index in [0.717, 1.165) is 11.1 Å². The van der Waals surface area contributed by atoms with Crippen molar-refractivity contribution in [3.63, 3.8) is 0 Å². The van der Waals surface area contributed by atoms with Crippen molar-refractivity contribution in [3.05, 3.63) is 100 Å². The van der Waals surface area contributed by atoms with Crippen LogP contribution in [0.5, 0.6) is 0 Å². The van der Waals surface area contributed by atoms with Crippen LogP contribution in [-0.4, -0.2) is 17.1 Å². The van der Waals surface area contributed by atoms with E-state index in [4.69, 9.17) is 4.42 Å². The number of nitrogens with one attached hydrogen (secondary N) is 1. The lowest BCUT2D eigenvalue weighted by Crippen LogP contribution is -2.32. The number of furan rings is 1. The van der Waals surface area contributed by atoms with Crippen LogP contribution in [-0.2, 0) is 22.6 Å². The van der Waals surface area contributed by atoms with Crippen LogP contribution in [0, 0.1) is 24.1 Å². The number of anilines is 1. The maximum absolute atomic E-state index is 13.5. The summed E-state index contributed by atoms with van der Waals surface area (Å²) >= 11 is 1.17. The maximum Gasteiger partial charge on any atom is 0.265 e. The summed E-state index contributed by atoms with van der Waals surface area (Å²) in [6.07, 6.45) is 1.92. The van der Waals surface area contributed by atoms with Gasteiger partial charge in [0.25, 0.3) is 5.91 Å². The van der Waals surface area contributed by atoms with Crippen LogP contribution in [0.1, 0.15) is 16.9 Å². The number of aryl methyl sites for hydroxylation is 1. The molecule has 0 aliphatic carbocycles. The van der Waals surface area contributed by atoms with Crippen LogP contribution in [0.2, 0.25) is 0 Å². The Morgan fingerprint density at radius 1 is 1.18 bits per heavy atom. The van der Waals surface area contributed by atoms with E-state index >= 15 is 0 Å². The second kappa shape index (κ2) is 9.76. The first kappa shape index (κ1) is 22.4. The van der Waals surface area contributed by atoms with Gasteiger partial charge in [-0.15, -0.1) is 0 Å². The molecule has 0 unspecified atom stereocenters. The van der Waals surface area contributed by atoms with Crippen molar-refractivity contribution in [2.24, 2.45) is 0 Å². The van der Waals surface area contributed by atoms with Gasteiger partial charge in [0.15, 0.2) is 0 Å². The van der Waals surface area contributed by atoms with Gasteiger partial charge in [-0.1, -0.05) is 36.0 Å². The Morgan fingerprint density at radius 3 is 2.61 bits per heavy atom. The van der Waals surface area contributed by atoms with Crippen molar-refractivity contribution in [3.8, 4) is 6.07 Å². The summed E-state index contributed by atoms with van der Waals surface area (Å²) in [5.41, 5.74) is 2.26. The summed E-state index contributed by atoms with van der Waals surface area (Å²) in [5.74, 6) is -0.797. The van der Waals surface area contributed by atoms with Gasteiger partial charge >= 0.3 is 0 Å². The summed E-state index contributed by atoms with van der Waals surface area (Å²) in [4.78, 5) is 27.6. The zero-order valence-electron chi connectivity index (χ0n) is 17.7. The molecular weight excluding hydrogens is 441 g/mol. The van der Waals surface area contributed by atoms with Crippen molar-refractivity contribution in [1.29, 1.82) is 5.26 Å². The Kier molecular flexibility index (Phi) is 6.61. The molecule has 2 amide bonds. The molecule has 8 heteroatoms. The molecule has 0 radical (unpaired) electrons. The molecule has 1 fully saturated rings. The van der Waals surface area contributed by atoms with Gasteiger partial charge < -0.3 is 9.73 Å². The molecule has 166 valence electrons. The fourth-order valence-corrected chi connectivity index (χ4v) is 4.82. The standard InChI is InChI=1S/C25H20FN3O3S/c1-16-5-2-3-6-17(16)13-22-24(31)29(19-10-8-18(26)9-11-19)25(33-22)21(14-27)23(30)28-15-20-7-4-12-32-20/h2-12,22H,13,15H2,1H3,(H,28,30)/b25-21-/t22-/m0/s1. The molecule has 0 saturated carbocycles. The summed E-state index contributed by atoms with van der Waals surface area (Å²) in [6.45, 7) is 2.07. The van der Waals surface area contributed by atoms with Crippen LogP contribution in [0.15, 0.2) is 81.9 Å². The Bertz CT molecular complexity index is 1250. The van der Waals surface area contributed by atoms with E-state index in [1.54, 1.807) is 12.1 Å². The molecule has 0 bridgehead atoms. The number of carbonyl (C=O) groups is 2. The SMILES string of the molecule is Cc1ccccc1C[C@@H]1S/C(=C(/C#N)C(=O)NCc2ccco2)N(c2ccc(F)cc2)C1=O. The molecule has 4 rings (SSSR count). The van der Waals surface area contributed by atoms with Crippen LogP contribution in [0.4, 0.5) is 10.1 Å². The van der Waals surface area contributed by atoms with Gasteiger partial charge in [-0.25, -0.2) is 4.39 Å². The highest BCUT2D eigenvalue weighted by atomic mass is 32.2. The van der Waals surface area contributed by atoms with Gasteiger partial charge in [-0.3, -0.25) is 14.5 Å². The van der Waals surface area contributed by atoms with E-state index in [-0.39, 0.29) is 23.1 Å². The Labute approximate surface area is 194 Å². The predicted molar refractivity (Wildman–Crippen MR) is 123 cm³/mol. The van der Waals surface area contributed by atoms with E-state index in [0.29, 0.717) is 17.9 Å². The van der Waals surface area contributed by atoms with Gasteiger partial charge in [-0.05, 0) is 60.9 Å². The van der Waals surface area contributed by atoms with E-state index < -0.39 is 17.0 Å². The number of rotatable bonds is 6. The second-order valence-corrected chi connectivity index (χ2v) is 8.63. The molecule has 1 aromatic heterocycles. The molecule has 1 saturated heterocycles. The van der Waals surface area contributed by atoms with Gasteiger partial charge in [0.2, 0.25) is 5.91 Å². The van der Waals surface area contributed by atoms with Crippen molar-refractivity contribution in [2.45, 2.75) is 25.1 Å². The molecule has 0 spiro atoms. The van der Waals surface area contributed by atoms with Crippen LogP contribution >= 0.6 is 11.8 Å². The number of nitrogens with zero attached hydrogens (tertiary/aromatic N) is 2. The fraction of sp³-hybridized carbons (Fsp3) is 0.160. The largest absolute Gasteiger partial charge is 0.467 e. The maximum atomic E-state index is 13.5. The second-order valence-electron chi connectivity index (χ2n) is 7.44. The zero-order chi connectivity index (χ0) is 23.4. The van der Waals surface area contributed by atoms with Gasteiger partial charge in [0, 0.05) is 5.69 Å². The molecule has 2 heterocycles. The van der Waals surface area contributed by atoms with E-state index in [2.05, 4.69) is 5.32 Å². The van der Waals surface area contributed by atoms with E-state index in [1.807, 2.05) is 37.3 Å². The number of thioether (sulfide) groups is 1. The normalized spacial score (nSPS) is 17.1. The molecule has 2 aromatic carbocycles. The molecule has 1 aliphatic heterocycles. The number of halogens is 1. The third-order valence-corrected chi connectivity index (χ3v) is 6.52. The minimum atomic E-state index is -0.618. The first-order valence-corrected chi connectivity index (χ1v) is 11.1. The topological polar surface area (TPSA) is 86.3 Å². The first-order valence-electron chi connectivity index (χ1n) is 10.2. The highest BCUT2D eigenvalue weighted by molar-refractivity contribution is 8.05. The van der Waals surface area contributed by atoms with Crippen LogP contribution < -0.4 is 10.2 Å². The average Bonchev–Trinajstić information content (AvgIpc) is 3.44. The summed E-state index contributed by atoms with van der Waals surface area (Å²) in [5, 5.41) is 12.2. The smallest absolute Gasteiger partial charge is 0.265 e. The zero-order valence-corrected chi connectivity index (χ0v) is 18.6. The quantitative estimate of drug-likeness (QED) is 0.432. The highest BCUT2D eigenvalue weighted by Gasteiger charge is 2.41. The van der Waals surface area contributed by atoms with Crippen LogP contribution in [0.25, 0.3) is 0 Å². The Morgan fingerprint density at radius 2 is 1.94 bits per heavy atom. The highest BCUT2D eigenvalue weighted by Crippen LogP contribution is 2.42. The monoisotopic (exact) mass is 461 g/mol. The molecule has 6 nitrogen and oxygen atoms in total. The first-order chi connectivity index (χ1) is 16.0. The number of nitriles is 1. The summed E-state index contributed by atoms with van der Waals surface area (Å²) < 4.78 is 18.7. The Balaban J connectivity index is 1.69. The summed E-state index contributed by atoms with van der Waals surface area (Å²) in [7, 11) is 0. The molecule has 33 heavy (non-hydrogen) atoms. The predicted octanol–water partition coefficient (Wildman–Crippen LogP) is 4.47. The molecule has 1 aliphatic rings. The minimum Gasteiger partial charge on any atom is -0.467 e. The lowest BCUT2D eigenvalue weighted by atomic mass is 10.0. The van der Waals surface area contributed by atoms with Crippen LogP contribution in [0.3, 0.4) is 0 Å². The van der Waals surface area contributed by atoms with Gasteiger partial charge in [0.1, 0.15) is 28.2 Å². The third-order valence-electron chi connectivity index (χ3n) is 5.26. The molecule has 1 atom stereocenters. The fourth-order valence-electron chi connectivity index (χ4n) is 3.52. The summed E-state index contributed by atoms with van der Waals surface area (Å²) in [6, 6.07) is 18.5. The molecular formula is C25H20FN3O3S. The average molecular weight is 462 g/mol. The van der Waals surface area contributed by atoms with Crippen molar-refractivity contribution >= 4 is 29.3 Å². The Hall–Kier alpha value is -3.83. The van der Waals surface area contributed by atoms with E-state index in [1.165, 1.54) is 47.2 Å². The van der Waals surface area contributed by atoms with Gasteiger partial charge in [0.05, 0.1) is 18.1 Å². The van der Waals surface area contributed by atoms with Gasteiger partial charge in [-0.2, -0.15) is 5.26 Å². The number of carbonyl (C=O) groups excluding carboxylic acids is 2. The number of hydrogen-bond acceptors (Lipinski definition) is 5. The van der Waals surface area contributed by atoms with E-state index in [9.17, 15) is 19.2 Å². The van der Waals surface area contributed by atoms with Crippen molar-refractivity contribution in [2.75, 3.05) is 4.90 Å². The molecule has 3 aromatic rings. The molecule has 1 N–H and O–H groups in total. The van der Waals surface area contributed by atoms with Crippen molar-refractivity contribution < 1.29 is 18.4 Å².